The van der Waals surface area contributed by atoms with E-state index < -0.39 is 0 Å². The number of fused-ring (bicyclic) bond motifs is 1. The lowest BCUT2D eigenvalue weighted by atomic mass is 9.98. The number of hydrogen-bond acceptors (Lipinski definition) is 7. The normalized spacial score (nSPS) is 17.9. The molecule has 1 amide bonds. The monoisotopic (exact) mass is 349 g/mol. The van der Waals surface area contributed by atoms with Gasteiger partial charge >= 0.3 is 5.97 Å². The van der Waals surface area contributed by atoms with E-state index in [2.05, 4.69) is 15.1 Å². The van der Waals surface area contributed by atoms with Crippen LogP contribution in [0.25, 0.3) is 5.78 Å². The summed E-state index contributed by atoms with van der Waals surface area (Å²) in [4.78, 5) is 34.3. The summed E-state index contributed by atoms with van der Waals surface area (Å²) >= 11 is 1.28. The Morgan fingerprint density at radius 1 is 1.46 bits per heavy atom. The van der Waals surface area contributed by atoms with E-state index in [1.54, 1.807) is 34.8 Å². The van der Waals surface area contributed by atoms with Gasteiger partial charge in [-0.2, -0.15) is 4.98 Å². The Bertz CT molecular complexity index is 702. The highest BCUT2D eigenvalue weighted by Crippen LogP contribution is 2.20. The maximum absolute atomic E-state index is 12.4. The van der Waals surface area contributed by atoms with Crippen LogP contribution >= 0.6 is 11.8 Å². The number of aromatic nitrogens is 4. The van der Waals surface area contributed by atoms with Crippen molar-refractivity contribution in [3.8, 4) is 0 Å². The molecule has 1 atom stereocenters. The molecule has 1 aliphatic heterocycles. The first-order valence-corrected chi connectivity index (χ1v) is 8.90. The average Bonchev–Trinajstić information content (AvgIpc) is 3.03. The number of esters is 1. The van der Waals surface area contributed by atoms with Crippen LogP contribution in [0.2, 0.25) is 0 Å². The highest BCUT2D eigenvalue weighted by Gasteiger charge is 2.29. The maximum Gasteiger partial charge on any atom is 0.310 e. The zero-order valence-corrected chi connectivity index (χ0v) is 14.2. The molecule has 1 saturated heterocycles. The molecular weight excluding hydrogens is 330 g/mol. The highest BCUT2D eigenvalue weighted by molar-refractivity contribution is 7.99. The van der Waals surface area contributed by atoms with E-state index >= 15 is 0 Å². The van der Waals surface area contributed by atoms with Gasteiger partial charge in [0.05, 0.1) is 18.3 Å². The molecule has 0 aromatic carbocycles. The SMILES string of the molecule is CCOC(=O)C1CCCN(C(=O)CSc2nc3ncccn3n2)C1. The van der Waals surface area contributed by atoms with Gasteiger partial charge in [0, 0.05) is 25.5 Å². The van der Waals surface area contributed by atoms with Crippen LogP contribution in [0.3, 0.4) is 0 Å². The van der Waals surface area contributed by atoms with Crippen LogP contribution in [-0.2, 0) is 14.3 Å². The first-order valence-electron chi connectivity index (χ1n) is 7.92. The van der Waals surface area contributed by atoms with Crippen molar-refractivity contribution in [3.63, 3.8) is 0 Å². The number of amides is 1. The predicted octanol–water partition coefficient (Wildman–Crippen LogP) is 1.02. The van der Waals surface area contributed by atoms with Crippen molar-refractivity contribution in [3.05, 3.63) is 18.5 Å². The minimum absolute atomic E-state index is 0.0131. The van der Waals surface area contributed by atoms with Crippen LogP contribution in [-0.4, -0.2) is 61.8 Å². The van der Waals surface area contributed by atoms with Crippen LogP contribution in [0, 0.1) is 5.92 Å². The van der Waals surface area contributed by atoms with E-state index in [0.717, 1.165) is 12.8 Å². The van der Waals surface area contributed by atoms with E-state index in [9.17, 15) is 9.59 Å². The molecule has 1 unspecified atom stereocenters. The van der Waals surface area contributed by atoms with Gasteiger partial charge in [0.25, 0.3) is 5.78 Å². The number of rotatable bonds is 5. The topological polar surface area (TPSA) is 89.7 Å². The largest absolute Gasteiger partial charge is 0.466 e. The van der Waals surface area contributed by atoms with Crippen molar-refractivity contribution in [2.75, 3.05) is 25.4 Å². The molecular formula is C15H19N5O3S. The second-order valence-electron chi connectivity index (χ2n) is 5.48. The van der Waals surface area contributed by atoms with Crippen LogP contribution < -0.4 is 0 Å². The van der Waals surface area contributed by atoms with Gasteiger partial charge in [-0.1, -0.05) is 11.8 Å². The van der Waals surface area contributed by atoms with E-state index in [1.165, 1.54) is 11.8 Å². The van der Waals surface area contributed by atoms with Gasteiger partial charge in [-0.15, -0.1) is 5.10 Å². The fraction of sp³-hybridized carbons (Fsp3) is 0.533. The maximum atomic E-state index is 12.4. The van der Waals surface area contributed by atoms with Crippen LogP contribution in [0.1, 0.15) is 19.8 Å². The Labute approximate surface area is 143 Å². The minimum Gasteiger partial charge on any atom is -0.466 e. The van der Waals surface area contributed by atoms with Gasteiger partial charge in [-0.3, -0.25) is 9.59 Å². The highest BCUT2D eigenvalue weighted by atomic mass is 32.2. The average molecular weight is 349 g/mol. The van der Waals surface area contributed by atoms with E-state index in [-0.39, 0.29) is 23.5 Å². The Hall–Kier alpha value is -2.16. The Kier molecular flexibility index (Phi) is 5.29. The summed E-state index contributed by atoms with van der Waals surface area (Å²) < 4.78 is 6.63. The van der Waals surface area contributed by atoms with Crippen molar-refractivity contribution >= 4 is 29.4 Å². The zero-order chi connectivity index (χ0) is 16.9. The summed E-state index contributed by atoms with van der Waals surface area (Å²) in [6.45, 7) is 3.26. The molecule has 2 aromatic heterocycles. The quantitative estimate of drug-likeness (QED) is 0.588. The fourth-order valence-corrected chi connectivity index (χ4v) is 3.38. The van der Waals surface area contributed by atoms with E-state index in [1.807, 2.05) is 0 Å². The van der Waals surface area contributed by atoms with Gasteiger partial charge in [0.1, 0.15) is 0 Å². The Morgan fingerprint density at radius 3 is 3.12 bits per heavy atom. The molecule has 128 valence electrons. The number of hydrogen-bond donors (Lipinski definition) is 0. The molecule has 0 radical (unpaired) electrons. The molecule has 1 fully saturated rings. The molecule has 24 heavy (non-hydrogen) atoms. The smallest absolute Gasteiger partial charge is 0.310 e. The standard InChI is InChI=1S/C15H19N5O3S/c1-2-23-13(22)11-5-3-7-19(9-11)12(21)10-24-15-17-14-16-6-4-8-20(14)18-15/h4,6,8,11H,2-3,5,7,9-10H2,1H3. The molecule has 9 heteroatoms. The number of thioether (sulfide) groups is 1. The van der Waals surface area contributed by atoms with Gasteiger partial charge < -0.3 is 9.64 Å². The third kappa shape index (κ3) is 3.84. The van der Waals surface area contributed by atoms with E-state index in [0.29, 0.717) is 30.6 Å². The molecule has 0 saturated carbocycles. The fourth-order valence-electron chi connectivity index (χ4n) is 2.65. The van der Waals surface area contributed by atoms with Crippen molar-refractivity contribution in [1.29, 1.82) is 0 Å². The summed E-state index contributed by atoms with van der Waals surface area (Å²) in [6.07, 6.45) is 4.99. The van der Waals surface area contributed by atoms with Crippen molar-refractivity contribution < 1.29 is 14.3 Å². The molecule has 0 spiro atoms. The second kappa shape index (κ2) is 7.61. The third-order valence-electron chi connectivity index (χ3n) is 3.82. The number of carbonyl (C=O) groups excluding carboxylic acids is 2. The third-order valence-corrected chi connectivity index (χ3v) is 4.64. The van der Waals surface area contributed by atoms with Crippen molar-refractivity contribution in [1.82, 2.24) is 24.5 Å². The summed E-state index contributed by atoms with van der Waals surface area (Å²) in [5.74, 6) is 0.307. The lowest BCUT2D eigenvalue weighted by Gasteiger charge is -2.31. The summed E-state index contributed by atoms with van der Waals surface area (Å²) in [5.41, 5.74) is 0. The Balaban J connectivity index is 1.55. The van der Waals surface area contributed by atoms with Crippen molar-refractivity contribution in [2.24, 2.45) is 5.92 Å². The minimum atomic E-state index is -0.217. The summed E-state index contributed by atoms with van der Waals surface area (Å²) in [7, 11) is 0. The number of piperidine rings is 1. The lowest BCUT2D eigenvalue weighted by Crippen LogP contribution is -2.43. The van der Waals surface area contributed by atoms with Gasteiger partial charge in [0.2, 0.25) is 11.1 Å². The Morgan fingerprint density at radius 2 is 2.33 bits per heavy atom. The number of nitrogens with zero attached hydrogens (tertiary/aromatic N) is 5. The molecule has 0 bridgehead atoms. The number of likely N-dealkylation sites (tertiary alicyclic amines) is 1. The lowest BCUT2D eigenvalue weighted by molar-refractivity contribution is -0.151. The zero-order valence-electron chi connectivity index (χ0n) is 13.4. The number of ether oxygens (including phenoxy) is 1. The molecule has 0 aliphatic carbocycles. The number of carbonyl (C=O) groups is 2. The van der Waals surface area contributed by atoms with E-state index in [4.69, 9.17) is 4.74 Å². The first kappa shape index (κ1) is 16.7. The van der Waals surface area contributed by atoms with Gasteiger partial charge in [-0.25, -0.2) is 9.50 Å². The summed E-state index contributed by atoms with van der Waals surface area (Å²) in [5, 5.41) is 4.77. The van der Waals surface area contributed by atoms with Gasteiger partial charge in [-0.05, 0) is 25.8 Å². The molecule has 3 rings (SSSR count). The second-order valence-corrected chi connectivity index (χ2v) is 6.42. The van der Waals surface area contributed by atoms with Crippen LogP contribution in [0.5, 0.6) is 0 Å². The van der Waals surface area contributed by atoms with Crippen LogP contribution in [0.15, 0.2) is 23.6 Å². The molecule has 2 aromatic rings. The molecule has 0 N–H and O–H groups in total. The van der Waals surface area contributed by atoms with Crippen LogP contribution in [0.4, 0.5) is 0 Å². The molecule has 1 aliphatic rings. The van der Waals surface area contributed by atoms with Gasteiger partial charge in [0.15, 0.2) is 0 Å². The first-order chi connectivity index (χ1) is 11.7. The summed E-state index contributed by atoms with van der Waals surface area (Å²) in [6, 6.07) is 1.77. The van der Waals surface area contributed by atoms with Crippen molar-refractivity contribution in [2.45, 2.75) is 24.9 Å². The predicted molar refractivity (Wildman–Crippen MR) is 87.4 cm³/mol. The molecule has 3 heterocycles. The molecule has 8 nitrogen and oxygen atoms in total.